The van der Waals surface area contributed by atoms with Crippen LogP contribution in [0.2, 0.25) is 0 Å². The largest absolute Gasteiger partial charge is 0.370 e. The summed E-state index contributed by atoms with van der Waals surface area (Å²) >= 11 is 0. The molecule has 2 nitrogen and oxygen atoms in total. The van der Waals surface area contributed by atoms with E-state index in [9.17, 15) is 0 Å². The highest BCUT2D eigenvalue weighted by Crippen LogP contribution is 2.34. The maximum atomic E-state index is 5.91. The van der Waals surface area contributed by atoms with E-state index in [1.807, 2.05) is 0 Å². The summed E-state index contributed by atoms with van der Waals surface area (Å²) in [5.41, 5.74) is 11.3. The molecule has 0 amide bonds. The van der Waals surface area contributed by atoms with E-state index in [4.69, 9.17) is 5.73 Å². The summed E-state index contributed by atoms with van der Waals surface area (Å²) in [6.45, 7) is 5.02. The molecule has 1 unspecified atom stereocenters. The van der Waals surface area contributed by atoms with E-state index in [1.54, 1.807) is 0 Å². The number of nitrogens with two attached hydrogens (primary N) is 1. The molecule has 104 valence electrons. The predicted molar refractivity (Wildman–Crippen MR) is 85.1 cm³/mol. The number of hydrogen-bond acceptors (Lipinski definition) is 2. The first-order chi connectivity index (χ1) is 9.79. The fourth-order valence-corrected chi connectivity index (χ4v) is 3.30. The van der Waals surface area contributed by atoms with Gasteiger partial charge in [0.15, 0.2) is 0 Å². The number of nitrogens with zero attached hydrogens (tertiary/aromatic N) is 1. The Morgan fingerprint density at radius 1 is 1.10 bits per heavy atom. The second-order valence-corrected chi connectivity index (χ2v) is 5.63. The van der Waals surface area contributed by atoms with Crippen molar-refractivity contribution in [2.45, 2.75) is 25.8 Å². The molecule has 0 saturated carbocycles. The molecule has 1 fully saturated rings. The monoisotopic (exact) mass is 266 g/mol. The van der Waals surface area contributed by atoms with Crippen molar-refractivity contribution in [1.29, 1.82) is 0 Å². The van der Waals surface area contributed by atoms with Crippen LogP contribution in [0.25, 0.3) is 0 Å². The molecule has 2 N–H and O–H groups in total. The van der Waals surface area contributed by atoms with E-state index < -0.39 is 0 Å². The minimum Gasteiger partial charge on any atom is -0.370 e. The topological polar surface area (TPSA) is 29.3 Å². The van der Waals surface area contributed by atoms with Crippen LogP contribution in [0.4, 0.5) is 5.69 Å². The fourth-order valence-electron chi connectivity index (χ4n) is 3.30. The molecule has 0 spiro atoms. The SMILES string of the molecule is Cc1cccc(CN)c1N1CCC(c2ccccc2)C1. The normalized spacial score (nSPS) is 18.5. The molecule has 0 radical (unpaired) electrons. The van der Waals surface area contributed by atoms with Crippen molar-refractivity contribution >= 4 is 5.69 Å². The van der Waals surface area contributed by atoms with Gasteiger partial charge in [0.1, 0.15) is 0 Å². The van der Waals surface area contributed by atoms with Gasteiger partial charge in [-0.05, 0) is 30.0 Å². The first kappa shape index (κ1) is 13.2. The highest BCUT2D eigenvalue weighted by atomic mass is 15.2. The van der Waals surface area contributed by atoms with Crippen LogP contribution in [0, 0.1) is 6.92 Å². The van der Waals surface area contributed by atoms with Crippen molar-refractivity contribution in [2.75, 3.05) is 18.0 Å². The van der Waals surface area contributed by atoms with Crippen molar-refractivity contribution in [3.63, 3.8) is 0 Å². The van der Waals surface area contributed by atoms with Gasteiger partial charge in [-0.3, -0.25) is 0 Å². The summed E-state index contributed by atoms with van der Waals surface area (Å²) in [7, 11) is 0. The molecular formula is C18H22N2. The molecular weight excluding hydrogens is 244 g/mol. The number of benzene rings is 2. The van der Waals surface area contributed by atoms with E-state index >= 15 is 0 Å². The molecule has 20 heavy (non-hydrogen) atoms. The number of hydrogen-bond donors (Lipinski definition) is 1. The Morgan fingerprint density at radius 2 is 1.90 bits per heavy atom. The average molecular weight is 266 g/mol. The van der Waals surface area contributed by atoms with Crippen molar-refractivity contribution in [2.24, 2.45) is 5.73 Å². The van der Waals surface area contributed by atoms with Crippen LogP contribution in [0.5, 0.6) is 0 Å². The Kier molecular flexibility index (Phi) is 3.75. The van der Waals surface area contributed by atoms with Gasteiger partial charge in [-0.2, -0.15) is 0 Å². The summed E-state index contributed by atoms with van der Waals surface area (Å²) in [5, 5.41) is 0. The van der Waals surface area contributed by atoms with Crippen LogP contribution < -0.4 is 10.6 Å². The van der Waals surface area contributed by atoms with Crippen LogP contribution in [0.1, 0.15) is 29.0 Å². The summed E-state index contributed by atoms with van der Waals surface area (Å²) in [5.74, 6) is 0.640. The Bertz CT molecular complexity index is 577. The fraction of sp³-hybridized carbons (Fsp3) is 0.333. The van der Waals surface area contributed by atoms with Gasteiger partial charge in [-0.25, -0.2) is 0 Å². The second kappa shape index (κ2) is 5.68. The highest BCUT2D eigenvalue weighted by molar-refractivity contribution is 5.60. The molecule has 0 aliphatic carbocycles. The first-order valence-corrected chi connectivity index (χ1v) is 7.38. The van der Waals surface area contributed by atoms with Gasteiger partial charge in [0, 0.05) is 31.2 Å². The molecule has 2 aromatic rings. The Morgan fingerprint density at radius 3 is 2.65 bits per heavy atom. The van der Waals surface area contributed by atoms with Crippen molar-refractivity contribution < 1.29 is 0 Å². The number of rotatable bonds is 3. The van der Waals surface area contributed by atoms with E-state index in [-0.39, 0.29) is 0 Å². The number of anilines is 1. The molecule has 3 rings (SSSR count). The van der Waals surface area contributed by atoms with Crippen LogP contribution in [-0.2, 0) is 6.54 Å². The third-order valence-electron chi connectivity index (χ3n) is 4.32. The lowest BCUT2D eigenvalue weighted by Gasteiger charge is -2.24. The average Bonchev–Trinajstić information content (AvgIpc) is 2.97. The summed E-state index contributed by atoms with van der Waals surface area (Å²) < 4.78 is 0. The van der Waals surface area contributed by atoms with E-state index in [1.165, 1.54) is 28.8 Å². The molecule has 2 aromatic carbocycles. The summed E-state index contributed by atoms with van der Waals surface area (Å²) in [6, 6.07) is 17.3. The first-order valence-electron chi connectivity index (χ1n) is 7.38. The number of aryl methyl sites for hydroxylation is 1. The molecule has 1 saturated heterocycles. The Balaban J connectivity index is 1.84. The van der Waals surface area contributed by atoms with Crippen LogP contribution >= 0.6 is 0 Å². The summed E-state index contributed by atoms with van der Waals surface area (Å²) in [4.78, 5) is 2.51. The molecule has 1 aliphatic rings. The zero-order valence-corrected chi connectivity index (χ0v) is 12.0. The third kappa shape index (κ3) is 2.44. The van der Waals surface area contributed by atoms with Crippen molar-refractivity contribution in [3.8, 4) is 0 Å². The van der Waals surface area contributed by atoms with Gasteiger partial charge in [-0.1, -0.05) is 48.5 Å². The molecule has 0 bridgehead atoms. The zero-order valence-electron chi connectivity index (χ0n) is 12.0. The smallest absolute Gasteiger partial charge is 0.0441 e. The van der Waals surface area contributed by atoms with Gasteiger partial charge in [-0.15, -0.1) is 0 Å². The molecule has 1 aliphatic heterocycles. The summed E-state index contributed by atoms with van der Waals surface area (Å²) in [6.07, 6.45) is 1.22. The lowest BCUT2D eigenvalue weighted by atomic mass is 9.99. The highest BCUT2D eigenvalue weighted by Gasteiger charge is 2.25. The Hall–Kier alpha value is -1.80. The standard InChI is InChI=1S/C18H22N2/c1-14-6-5-9-16(12-19)18(14)20-11-10-17(13-20)15-7-3-2-4-8-15/h2-9,17H,10-13,19H2,1H3. The van der Waals surface area contributed by atoms with Gasteiger partial charge >= 0.3 is 0 Å². The Labute approximate surface area is 121 Å². The third-order valence-corrected chi connectivity index (χ3v) is 4.32. The van der Waals surface area contributed by atoms with Gasteiger partial charge < -0.3 is 10.6 Å². The quantitative estimate of drug-likeness (QED) is 0.922. The minimum atomic E-state index is 0.615. The lowest BCUT2D eigenvalue weighted by Crippen LogP contribution is -2.22. The molecule has 0 aromatic heterocycles. The maximum absolute atomic E-state index is 5.91. The van der Waals surface area contributed by atoms with E-state index in [2.05, 4.69) is 60.4 Å². The lowest BCUT2D eigenvalue weighted by molar-refractivity contribution is 0.774. The zero-order chi connectivity index (χ0) is 13.9. The second-order valence-electron chi connectivity index (χ2n) is 5.63. The minimum absolute atomic E-state index is 0.615. The van der Waals surface area contributed by atoms with Gasteiger partial charge in [0.25, 0.3) is 0 Å². The molecule has 1 atom stereocenters. The van der Waals surface area contributed by atoms with Crippen molar-refractivity contribution in [3.05, 3.63) is 65.2 Å². The van der Waals surface area contributed by atoms with Gasteiger partial charge in [0.05, 0.1) is 0 Å². The molecule has 1 heterocycles. The van der Waals surface area contributed by atoms with Gasteiger partial charge in [0.2, 0.25) is 0 Å². The van der Waals surface area contributed by atoms with E-state index in [0.29, 0.717) is 12.5 Å². The number of para-hydroxylation sites is 1. The van der Waals surface area contributed by atoms with Crippen LogP contribution in [0.15, 0.2) is 48.5 Å². The predicted octanol–water partition coefficient (Wildman–Crippen LogP) is 3.45. The van der Waals surface area contributed by atoms with Crippen molar-refractivity contribution in [1.82, 2.24) is 0 Å². The van der Waals surface area contributed by atoms with E-state index in [0.717, 1.165) is 13.1 Å². The maximum Gasteiger partial charge on any atom is 0.0441 e. The molecule has 2 heteroatoms. The van der Waals surface area contributed by atoms with Crippen LogP contribution in [-0.4, -0.2) is 13.1 Å². The van der Waals surface area contributed by atoms with Crippen LogP contribution in [0.3, 0.4) is 0 Å².